The minimum absolute atomic E-state index is 0.321. The Morgan fingerprint density at radius 1 is 1.40 bits per heavy atom. The lowest BCUT2D eigenvalue weighted by molar-refractivity contribution is 0.141. The Hall–Kier alpha value is -1.49. The van der Waals surface area contributed by atoms with Crippen LogP contribution in [0.5, 0.6) is 0 Å². The number of guanidine groups is 1. The van der Waals surface area contributed by atoms with Gasteiger partial charge in [-0.15, -0.1) is 0 Å². The summed E-state index contributed by atoms with van der Waals surface area (Å²) in [6.45, 7) is 6.91. The van der Waals surface area contributed by atoms with Gasteiger partial charge in [0, 0.05) is 39.3 Å². The van der Waals surface area contributed by atoms with Crippen LogP contribution in [0.4, 0.5) is 0 Å². The standard InChI is InChI=1S/C20H35N3O2/c1-4-17(2)23-19(21-13-9-18-8-7-14-25-18)22-16-20(12-15-24-3)10-5-6-11-20/h7-8,14,17H,4-6,9-13,15-16H2,1-3H3,(H2,21,22,23). The largest absolute Gasteiger partial charge is 0.469 e. The van der Waals surface area contributed by atoms with Gasteiger partial charge in [0.1, 0.15) is 5.76 Å². The Bertz CT molecular complexity index is 493. The van der Waals surface area contributed by atoms with Gasteiger partial charge >= 0.3 is 0 Å². The fraction of sp³-hybridized carbons (Fsp3) is 0.750. The number of rotatable bonds is 10. The van der Waals surface area contributed by atoms with Crippen LogP contribution in [0.3, 0.4) is 0 Å². The minimum Gasteiger partial charge on any atom is -0.469 e. The van der Waals surface area contributed by atoms with Crippen LogP contribution in [0, 0.1) is 5.41 Å². The van der Waals surface area contributed by atoms with Crippen molar-refractivity contribution < 1.29 is 9.15 Å². The smallest absolute Gasteiger partial charge is 0.191 e. The zero-order chi connectivity index (χ0) is 18.0. The van der Waals surface area contributed by atoms with Crippen LogP contribution >= 0.6 is 0 Å². The summed E-state index contributed by atoms with van der Waals surface area (Å²) in [5, 5.41) is 6.99. The number of nitrogens with zero attached hydrogens (tertiary/aromatic N) is 1. The highest BCUT2D eigenvalue weighted by atomic mass is 16.5. The predicted octanol–water partition coefficient (Wildman–Crippen LogP) is 3.75. The van der Waals surface area contributed by atoms with Crippen molar-refractivity contribution >= 4 is 5.96 Å². The first-order valence-corrected chi connectivity index (χ1v) is 9.73. The van der Waals surface area contributed by atoms with Crippen LogP contribution in [0.15, 0.2) is 27.8 Å². The van der Waals surface area contributed by atoms with Crippen LogP contribution in [0.2, 0.25) is 0 Å². The van der Waals surface area contributed by atoms with Crippen molar-refractivity contribution in [1.29, 1.82) is 0 Å². The van der Waals surface area contributed by atoms with Gasteiger partial charge in [-0.25, -0.2) is 0 Å². The number of hydrogen-bond acceptors (Lipinski definition) is 3. The number of nitrogens with one attached hydrogen (secondary N) is 2. The van der Waals surface area contributed by atoms with E-state index in [-0.39, 0.29) is 0 Å². The number of furan rings is 1. The van der Waals surface area contributed by atoms with E-state index < -0.39 is 0 Å². The summed E-state index contributed by atoms with van der Waals surface area (Å²) >= 11 is 0. The summed E-state index contributed by atoms with van der Waals surface area (Å²) in [5.74, 6) is 1.92. The van der Waals surface area contributed by atoms with E-state index in [9.17, 15) is 0 Å². The molecule has 0 saturated heterocycles. The van der Waals surface area contributed by atoms with E-state index in [2.05, 4.69) is 24.5 Å². The zero-order valence-electron chi connectivity index (χ0n) is 16.1. The van der Waals surface area contributed by atoms with E-state index in [0.717, 1.165) is 50.7 Å². The molecule has 5 heteroatoms. The third kappa shape index (κ3) is 6.73. The molecular weight excluding hydrogens is 314 g/mol. The molecule has 0 bridgehead atoms. The highest BCUT2D eigenvalue weighted by Gasteiger charge is 2.33. The number of ether oxygens (including phenoxy) is 1. The monoisotopic (exact) mass is 349 g/mol. The molecule has 1 saturated carbocycles. The summed E-state index contributed by atoms with van der Waals surface area (Å²) < 4.78 is 10.7. The molecule has 142 valence electrons. The molecule has 0 aromatic carbocycles. The van der Waals surface area contributed by atoms with Gasteiger partial charge in [-0.3, -0.25) is 4.99 Å². The van der Waals surface area contributed by atoms with Crippen LogP contribution in [-0.2, 0) is 11.2 Å². The van der Waals surface area contributed by atoms with Crippen molar-refractivity contribution in [1.82, 2.24) is 10.6 Å². The first-order chi connectivity index (χ1) is 12.2. The van der Waals surface area contributed by atoms with Gasteiger partial charge in [0.25, 0.3) is 0 Å². The van der Waals surface area contributed by atoms with E-state index in [0.29, 0.717) is 11.5 Å². The molecule has 2 N–H and O–H groups in total. The number of methoxy groups -OCH3 is 1. The lowest BCUT2D eigenvalue weighted by Crippen LogP contribution is -2.43. The third-order valence-electron chi connectivity index (χ3n) is 5.31. The molecule has 0 aliphatic heterocycles. The van der Waals surface area contributed by atoms with Crippen molar-refractivity contribution in [2.75, 3.05) is 26.8 Å². The second kappa shape index (κ2) is 10.5. The molecule has 0 spiro atoms. The van der Waals surface area contributed by atoms with E-state index in [1.807, 2.05) is 12.1 Å². The second-order valence-corrected chi connectivity index (χ2v) is 7.32. The fourth-order valence-electron chi connectivity index (χ4n) is 3.42. The van der Waals surface area contributed by atoms with Crippen molar-refractivity contribution in [2.24, 2.45) is 10.4 Å². The molecule has 1 unspecified atom stereocenters. The molecule has 5 nitrogen and oxygen atoms in total. The molecule has 2 rings (SSSR count). The average molecular weight is 350 g/mol. The fourth-order valence-corrected chi connectivity index (χ4v) is 3.42. The first-order valence-electron chi connectivity index (χ1n) is 9.73. The van der Waals surface area contributed by atoms with Crippen LogP contribution < -0.4 is 10.6 Å². The van der Waals surface area contributed by atoms with E-state index in [4.69, 9.17) is 14.1 Å². The topological polar surface area (TPSA) is 58.8 Å². The molecule has 1 aromatic rings. The maximum absolute atomic E-state index is 5.40. The van der Waals surface area contributed by atoms with Gasteiger partial charge < -0.3 is 19.8 Å². The Labute approximate surface area is 152 Å². The Kier molecular flexibility index (Phi) is 8.32. The maximum atomic E-state index is 5.40. The predicted molar refractivity (Wildman–Crippen MR) is 103 cm³/mol. The van der Waals surface area contributed by atoms with E-state index in [1.54, 1.807) is 13.4 Å². The highest BCUT2D eigenvalue weighted by molar-refractivity contribution is 5.80. The summed E-state index contributed by atoms with van der Waals surface area (Å²) in [7, 11) is 1.79. The molecule has 25 heavy (non-hydrogen) atoms. The van der Waals surface area contributed by atoms with E-state index >= 15 is 0 Å². The van der Waals surface area contributed by atoms with Crippen molar-refractivity contribution in [3.8, 4) is 0 Å². The molecule has 1 aliphatic rings. The summed E-state index contributed by atoms with van der Waals surface area (Å²) in [4.78, 5) is 4.95. The molecular formula is C20H35N3O2. The molecule has 1 fully saturated rings. The minimum atomic E-state index is 0.321. The number of hydrogen-bond donors (Lipinski definition) is 2. The molecule has 1 heterocycles. The SMILES string of the molecule is CCC(C)NC(=NCC1(CCOC)CCCC1)NCCc1ccco1. The molecule has 0 radical (unpaired) electrons. The lowest BCUT2D eigenvalue weighted by atomic mass is 9.83. The summed E-state index contributed by atoms with van der Waals surface area (Å²) in [5.41, 5.74) is 0.321. The van der Waals surface area contributed by atoms with Gasteiger partial charge in [0.2, 0.25) is 0 Å². The molecule has 1 aliphatic carbocycles. The number of aliphatic imine (C=N–C) groups is 1. The van der Waals surface area contributed by atoms with Crippen molar-refractivity contribution in [3.63, 3.8) is 0 Å². The molecule has 0 amide bonds. The van der Waals surface area contributed by atoms with Gasteiger partial charge in [0.05, 0.1) is 6.26 Å². The van der Waals surface area contributed by atoms with Crippen LogP contribution in [-0.4, -0.2) is 38.8 Å². The molecule has 1 atom stereocenters. The van der Waals surface area contributed by atoms with Crippen molar-refractivity contribution in [2.45, 2.75) is 64.8 Å². The van der Waals surface area contributed by atoms with E-state index in [1.165, 1.54) is 25.7 Å². The third-order valence-corrected chi connectivity index (χ3v) is 5.31. The molecule has 1 aromatic heterocycles. The average Bonchev–Trinajstić information content (AvgIpc) is 3.30. The Balaban J connectivity index is 1.93. The summed E-state index contributed by atoms with van der Waals surface area (Å²) in [6, 6.07) is 4.36. The lowest BCUT2D eigenvalue weighted by Gasteiger charge is -2.27. The van der Waals surface area contributed by atoms with Gasteiger partial charge in [-0.1, -0.05) is 19.8 Å². The second-order valence-electron chi connectivity index (χ2n) is 7.32. The van der Waals surface area contributed by atoms with Crippen molar-refractivity contribution in [3.05, 3.63) is 24.2 Å². The zero-order valence-corrected chi connectivity index (χ0v) is 16.1. The summed E-state index contributed by atoms with van der Waals surface area (Å²) in [6.07, 6.45) is 9.94. The Morgan fingerprint density at radius 3 is 2.84 bits per heavy atom. The quantitative estimate of drug-likeness (QED) is 0.499. The normalized spacial score (nSPS) is 18.3. The van der Waals surface area contributed by atoms with Gasteiger partial charge in [0.15, 0.2) is 5.96 Å². The first kappa shape index (κ1) is 19.8. The van der Waals surface area contributed by atoms with Crippen LogP contribution in [0.25, 0.3) is 0 Å². The van der Waals surface area contributed by atoms with Gasteiger partial charge in [-0.2, -0.15) is 0 Å². The highest BCUT2D eigenvalue weighted by Crippen LogP contribution is 2.41. The van der Waals surface area contributed by atoms with Gasteiger partial charge in [-0.05, 0) is 50.2 Å². The van der Waals surface area contributed by atoms with Crippen LogP contribution in [0.1, 0.15) is 58.1 Å². The maximum Gasteiger partial charge on any atom is 0.191 e. The Morgan fingerprint density at radius 2 is 2.20 bits per heavy atom.